The molecular formula is C19H15Cl2N3O3. The number of esters is 1. The van der Waals surface area contributed by atoms with E-state index in [0.29, 0.717) is 33.6 Å². The lowest BCUT2D eigenvalue weighted by atomic mass is 10.2. The topological polar surface area (TPSA) is 91.2 Å². The molecular weight excluding hydrogens is 389 g/mol. The van der Waals surface area contributed by atoms with Crippen LogP contribution in [0.2, 0.25) is 10.0 Å². The number of rotatable bonds is 6. The SMILES string of the molecule is CCOC(=O)c1ccc(N/C=C(/C#N)C(=O)Nc2cc(Cl)ccc2Cl)cc1. The highest BCUT2D eigenvalue weighted by Crippen LogP contribution is 2.25. The summed E-state index contributed by atoms with van der Waals surface area (Å²) in [4.78, 5) is 23.9. The van der Waals surface area contributed by atoms with Gasteiger partial charge in [0.2, 0.25) is 0 Å². The molecule has 0 aliphatic rings. The second kappa shape index (κ2) is 9.62. The molecule has 0 heterocycles. The Bertz CT molecular complexity index is 919. The number of nitrogens with one attached hydrogen (secondary N) is 2. The molecule has 6 nitrogen and oxygen atoms in total. The van der Waals surface area contributed by atoms with Gasteiger partial charge in [-0.3, -0.25) is 4.79 Å². The van der Waals surface area contributed by atoms with Crippen LogP contribution in [-0.4, -0.2) is 18.5 Å². The van der Waals surface area contributed by atoms with Gasteiger partial charge in [-0.05, 0) is 49.4 Å². The molecule has 0 saturated carbocycles. The summed E-state index contributed by atoms with van der Waals surface area (Å²) in [5.74, 6) is -1.06. The number of hydrogen-bond donors (Lipinski definition) is 2. The Morgan fingerprint density at radius 2 is 1.89 bits per heavy atom. The van der Waals surface area contributed by atoms with Crippen LogP contribution in [0.25, 0.3) is 0 Å². The summed E-state index contributed by atoms with van der Waals surface area (Å²) in [7, 11) is 0. The van der Waals surface area contributed by atoms with Gasteiger partial charge >= 0.3 is 5.97 Å². The Morgan fingerprint density at radius 1 is 1.19 bits per heavy atom. The number of ether oxygens (including phenoxy) is 1. The molecule has 27 heavy (non-hydrogen) atoms. The lowest BCUT2D eigenvalue weighted by Crippen LogP contribution is -2.15. The van der Waals surface area contributed by atoms with Crippen molar-refractivity contribution < 1.29 is 14.3 Å². The van der Waals surface area contributed by atoms with Crippen molar-refractivity contribution in [1.29, 1.82) is 5.26 Å². The van der Waals surface area contributed by atoms with Gasteiger partial charge in [0.25, 0.3) is 5.91 Å². The number of carbonyl (C=O) groups excluding carboxylic acids is 2. The van der Waals surface area contributed by atoms with Crippen LogP contribution in [-0.2, 0) is 9.53 Å². The fraction of sp³-hybridized carbons (Fsp3) is 0.105. The van der Waals surface area contributed by atoms with Crippen molar-refractivity contribution in [2.45, 2.75) is 6.92 Å². The van der Waals surface area contributed by atoms with Gasteiger partial charge in [0.15, 0.2) is 0 Å². The lowest BCUT2D eigenvalue weighted by Gasteiger charge is -2.08. The van der Waals surface area contributed by atoms with Crippen LogP contribution in [0.3, 0.4) is 0 Å². The zero-order valence-corrected chi connectivity index (χ0v) is 15.8. The van der Waals surface area contributed by atoms with E-state index in [1.54, 1.807) is 43.3 Å². The van der Waals surface area contributed by atoms with Crippen LogP contribution >= 0.6 is 23.2 Å². The lowest BCUT2D eigenvalue weighted by molar-refractivity contribution is -0.112. The first-order chi connectivity index (χ1) is 12.9. The molecule has 1 amide bonds. The molecule has 0 fully saturated rings. The Balaban J connectivity index is 2.07. The predicted octanol–water partition coefficient (Wildman–Crippen LogP) is 4.63. The highest BCUT2D eigenvalue weighted by atomic mass is 35.5. The van der Waals surface area contributed by atoms with Gasteiger partial charge in [-0.15, -0.1) is 0 Å². The normalized spacial score (nSPS) is 10.7. The van der Waals surface area contributed by atoms with Gasteiger partial charge in [-0.1, -0.05) is 23.2 Å². The number of hydrogen-bond acceptors (Lipinski definition) is 5. The van der Waals surface area contributed by atoms with Crippen LogP contribution in [0.15, 0.2) is 54.2 Å². The van der Waals surface area contributed by atoms with E-state index in [0.717, 1.165) is 0 Å². The van der Waals surface area contributed by atoms with Gasteiger partial charge < -0.3 is 15.4 Å². The number of nitriles is 1. The van der Waals surface area contributed by atoms with Crippen LogP contribution in [0, 0.1) is 11.3 Å². The summed E-state index contributed by atoms with van der Waals surface area (Å²) < 4.78 is 4.90. The van der Waals surface area contributed by atoms with Crippen LogP contribution in [0.5, 0.6) is 0 Å². The molecule has 2 rings (SSSR count). The zero-order valence-electron chi connectivity index (χ0n) is 14.3. The fourth-order valence-electron chi connectivity index (χ4n) is 2.00. The number of amides is 1. The number of carbonyl (C=O) groups is 2. The highest BCUT2D eigenvalue weighted by Gasteiger charge is 2.12. The average molecular weight is 404 g/mol. The van der Waals surface area contributed by atoms with Gasteiger partial charge in [-0.25, -0.2) is 4.79 Å². The summed E-state index contributed by atoms with van der Waals surface area (Å²) in [5, 5.41) is 15.3. The highest BCUT2D eigenvalue weighted by molar-refractivity contribution is 6.36. The van der Waals surface area contributed by atoms with E-state index in [2.05, 4.69) is 10.6 Å². The van der Waals surface area contributed by atoms with E-state index in [1.807, 2.05) is 6.07 Å². The van der Waals surface area contributed by atoms with E-state index in [9.17, 15) is 14.9 Å². The number of anilines is 2. The Hall–Kier alpha value is -3.01. The molecule has 2 aromatic rings. The van der Waals surface area contributed by atoms with E-state index in [4.69, 9.17) is 27.9 Å². The minimum atomic E-state index is -0.641. The molecule has 2 N–H and O–H groups in total. The molecule has 0 bridgehead atoms. The van der Waals surface area contributed by atoms with Crippen molar-refractivity contribution >= 4 is 46.5 Å². The van der Waals surface area contributed by atoms with Gasteiger partial charge in [-0.2, -0.15) is 5.26 Å². The molecule has 0 unspecified atom stereocenters. The largest absolute Gasteiger partial charge is 0.462 e. The van der Waals surface area contributed by atoms with Crippen molar-refractivity contribution in [1.82, 2.24) is 0 Å². The third kappa shape index (κ3) is 5.74. The quantitative estimate of drug-likeness (QED) is 0.416. The molecule has 138 valence electrons. The maximum Gasteiger partial charge on any atom is 0.338 e. The molecule has 0 aliphatic carbocycles. The third-order valence-corrected chi connectivity index (χ3v) is 3.89. The Labute approximate surface area is 166 Å². The fourth-order valence-corrected chi connectivity index (χ4v) is 2.34. The Morgan fingerprint density at radius 3 is 2.52 bits per heavy atom. The monoisotopic (exact) mass is 403 g/mol. The molecule has 0 radical (unpaired) electrons. The first-order valence-corrected chi connectivity index (χ1v) is 8.60. The first-order valence-electron chi connectivity index (χ1n) is 7.85. The number of halogens is 2. The number of benzene rings is 2. The van der Waals surface area contributed by atoms with E-state index in [-0.39, 0.29) is 5.57 Å². The minimum absolute atomic E-state index is 0.166. The van der Waals surface area contributed by atoms with E-state index >= 15 is 0 Å². The third-order valence-electron chi connectivity index (χ3n) is 3.32. The minimum Gasteiger partial charge on any atom is -0.462 e. The second-order valence-electron chi connectivity index (χ2n) is 5.19. The van der Waals surface area contributed by atoms with Crippen molar-refractivity contribution in [2.24, 2.45) is 0 Å². The summed E-state index contributed by atoms with van der Waals surface area (Å²) in [6.07, 6.45) is 1.26. The van der Waals surface area contributed by atoms with Crippen molar-refractivity contribution in [3.8, 4) is 6.07 Å². The van der Waals surface area contributed by atoms with Gasteiger partial charge in [0, 0.05) is 16.9 Å². The first kappa shape index (κ1) is 20.3. The summed E-state index contributed by atoms with van der Waals surface area (Å²) in [6, 6.07) is 12.8. The molecule has 0 aromatic heterocycles. The summed E-state index contributed by atoms with van der Waals surface area (Å²) >= 11 is 11.9. The van der Waals surface area contributed by atoms with Crippen LogP contribution in [0.4, 0.5) is 11.4 Å². The van der Waals surface area contributed by atoms with Crippen molar-refractivity contribution in [3.05, 3.63) is 69.8 Å². The van der Waals surface area contributed by atoms with E-state index in [1.165, 1.54) is 12.3 Å². The molecule has 0 aliphatic heterocycles. The molecule has 8 heteroatoms. The standard InChI is InChI=1S/C19H15Cl2N3O3/c1-2-27-19(26)12-3-6-15(7-4-12)23-11-13(10-22)18(25)24-17-9-14(20)5-8-16(17)21/h3-9,11,23H,2H2,1H3,(H,24,25)/b13-11-. The summed E-state index contributed by atoms with van der Waals surface area (Å²) in [6.45, 7) is 2.02. The maximum absolute atomic E-state index is 12.2. The number of nitrogens with zero attached hydrogens (tertiary/aromatic N) is 1. The van der Waals surface area contributed by atoms with E-state index < -0.39 is 11.9 Å². The van der Waals surface area contributed by atoms with Crippen molar-refractivity contribution in [3.63, 3.8) is 0 Å². The summed E-state index contributed by atoms with van der Waals surface area (Å²) in [5.41, 5.74) is 1.12. The molecule has 0 atom stereocenters. The zero-order chi connectivity index (χ0) is 19.8. The van der Waals surface area contributed by atoms with Crippen LogP contribution < -0.4 is 10.6 Å². The Kier molecular flexibility index (Phi) is 7.24. The second-order valence-corrected chi connectivity index (χ2v) is 6.03. The predicted molar refractivity (Wildman–Crippen MR) is 105 cm³/mol. The smallest absolute Gasteiger partial charge is 0.338 e. The molecule has 0 saturated heterocycles. The van der Waals surface area contributed by atoms with Crippen molar-refractivity contribution in [2.75, 3.05) is 17.2 Å². The van der Waals surface area contributed by atoms with Gasteiger partial charge in [0.05, 0.1) is 22.9 Å². The molecule has 2 aromatic carbocycles. The average Bonchev–Trinajstić information content (AvgIpc) is 2.66. The molecule has 0 spiro atoms. The van der Waals surface area contributed by atoms with Crippen LogP contribution in [0.1, 0.15) is 17.3 Å². The van der Waals surface area contributed by atoms with Gasteiger partial charge in [0.1, 0.15) is 11.6 Å². The maximum atomic E-state index is 12.2.